The van der Waals surface area contributed by atoms with E-state index in [-0.39, 0.29) is 41.9 Å². The zero-order chi connectivity index (χ0) is 34.7. The number of nitrogens with zero attached hydrogens (tertiary/aromatic N) is 2. The smallest absolute Gasteiger partial charge is 0.319 e. The Hall–Kier alpha value is -5.21. The van der Waals surface area contributed by atoms with Crippen LogP contribution in [-0.4, -0.2) is 94.4 Å². The molecular weight excluding hydrogens is 610 g/mol. The minimum Gasteiger partial charge on any atom is -0.508 e. The fourth-order valence-corrected chi connectivity index (χ4v) is 7.02. The maximum Gasteiger partial charge on any atom is 0.319 e. The monoisotopic (exact) mass is 647 g/mol. The number of primary amides is 1. The van der Waals surface area contributed by atoms with Gasteiger partial charge in [0.05, 0.1) is 11.6 Å². The number of benzene rings is 2. The van der Waals surface area contributed by atoms with Crippen molar-refractivity contribution in [1.29, 1.82) is 0 Å². The molecule has 1 saturated carbocycles. The van der Waals surface area contributed by atoms with Crippen LogP contribution in [0.2, 0.25) is 0 Å². The van der Waals surface area contributed by atoms with Gasteiger partial charge in [0.15, 0.2) is 17.2 Å². The standard InChI is InChI=1S/C33H37N5O9/c1-14(39)15-6-8-18(9-7-15)36-32(46)35-13-17-12-21(37(2)3)19-10-16-11-20-25(38(4)5)28(42)24(31(34)45)30(44)33(20,47)29(43)22(16)27(41)23(19)26(17)40/h6-9,12,16,20,25,40-41,44,47H,10-11,13H2,1-5H3,(H2,34,45)(H2,35,36,46)/t16-,20+,25+,33+/m1/s1. The van der Waals surface area contributed by atoms with E-state index in [9.17, 15) is 44.4 Å². The summed E-state index contributed by atoms with van der Waals surface area (Å²) in [7, 11) is 6.57. The lowest BCUT2D eigenvalue weighted by Gasteiger charge is -2.50. The van der Waals surface area contributed by atoms with E-state index in [1.54, 1.807) is 49.3 Å². The predicted molar refractivity (Wildman–Crippen MR) is 171 cm³/mol. The number of aliphatic hydroxyl groups excluding tert-OH is 2. The molecule has 3 amide bonds. The topological polar surface area (TPSA) is 223 Å². The second-order valence-electron chi connectivity index (χ2n) is 12.6. The highest BCUT2D eigenvalue weighted by Crippen LogP contribution is 2.54. The number of phenols is 1. The second kappa shape index (κ2) is 11.9. The third-order valence-corrected chi connectivity index (χ3v) is 9.25. The van der Waals surface area contributed by atoms with E-state index >= 15 is 0 Å². The molecule has 3 aliphatic rings. The summed E-state index contributed by atoms with van der Waals surface area (Å²) >= 11 is 0. The first-order valence-corrected chi connectivity index (χ1v) is 14.9. The number of hydrogen-bond acceptors (Lipinski definition) is 11. The van der Waals surface area contributed by atoms with Gasteiger partial charge < -0.3 is 41.7 Å². The van der Waals surface area contributed by atoms with Gasteiger partial charge >= 0.3 is 6.03 Å². The van der Waals surface area contributed by atoms with Crippen LogP contribution < -0.4 is 21.3 Å². The molecular formula is C33H37N5O9. The molecule has 0 saturated heterocycles. The molecule has 47 heavy (non-hydrogen) atoms. The molecule has 0 unspecified atom stereocenters. The Morgan fingerprint density at radius 3 is 2.23 bits per heavy atom. The van der Waals surface area contributed by atoms with E-state index in [0.717, 1.165) is 0 Å². The van der Waals surface area contributed by atoms with Gasteiger partial charge in [-0.05, 0) is 75.7 Å². The Morgan fingerprint density at radius 1 is 1.04 bits per heavy atom. The molecule has 3 aliphatic carbocycles. The van der Waals surface area contributed by atoms with Crippen molar-refractivity contribution >= 4 is 46.4 Å². The number of nitrogens with one attached hydrogen (secondary N) is 2. The number of rotatable bonds is 7. The van der Waals surface area contributed by atoms with Gasteiger partial charge in [0, 0.05) is 54.6 Å². The first kappa shape index (κ1) is 33.2. The number of hydrogen-bond donors (Lipinski definition) is 7. The normalized spacial score (nSPS) is 23.6. The van der Waals surface area contributed by atoms with E-state index in [1.165, 1.54) is 25.9 Å². The Bertz CT molecular complexity index is 1790. The van der Waals surface area contributed by atoms with Gasteiger partial charge in [0.2, 0.25) is 5.78 Å². The molecule has 0 heterocycles. The fraction of sp³-hybridized carbons (Fsp3) is 0.364. The number of carbonyl (C=O) groups is 5. The minimum absolute atomic E-state index is 0.0315. The van der Waals surface area contributed by atoms with Crippen molar-refractivity contribution in [1.82, 2.24) is 10.2 Å². The number of Topliss-reactive ketones (excluding diaryl/α,β-unsaturated/α-hetero) is 3. The summed E-state index contributed by atoms with van der Waals surface area (Å²) < 4.78 is 0. The Morgan fingerprint density at radius 2 is 1.68 bits per heavy atom. The summed E-state index contributed by atoms with van der Waals surface area (Å²) in [5.41, 5.74) is 3.60. The molecule has 8 N–H and O–H groups in total. The number of nitrogens with two attached hydrogens (primary N) is 1. The van der Waals surface area contributed by atoms with E-state index < -0.39 is 69.8 Å². The quantitative estimate of drug-likeness (QED) is 0.169. The zero-order valence-corrected chi connectivity index (χ0v) is 26.5. The van der Waals surface area contributed by atoms with Gasteiger partial charge in [0.25, 0.3) is 5.91 Å². The Kier molecular flexibility index (Phi) is 8.37. The Balaban J connectivity index is 1.54. The number of fused-ring (bicyclic) bond motifs is 3. The molecule has 0 aromatic heterocycles. The van der Waals surface area contributed by atoms with Gasteiger partial charge in [-0.2, -0.15) is 0 Å². The van der Waals surface area contributed by atoms with Crippen molar-refractivity contribution in [2.45, 2.75) is 38.0 Å². The molecule has 5 rings (SSSR count). The van der Waals surface area contributed by atoms with Crippen LogP contribution >= 0.6 is 0 Å². The SMILES string of the molecule is CC(=O)c1ccc(NC(=O)NCc2cc(N(C)C)c3c(c2O)C(O)=C2C(=O)[C@]4(O)C(O)=C(C(N)=O)C(=O)[C@@H](N(C)C)[C@@H]4C[C@H]2C3)cc1. The third kappa shape index (κ3) is 5.28. The average Bonchev–Trinajstić information content (AvgIpc) is 2.98. The van der Waals surface area contributed by atoms with Crippen molar-refractivity contribution in [3.63, 3.8) is 0 Å². The highest BCUT2D eigenvalue weighted by atomic mass is 16.3. The van der Waals surface area contributed by atoms with Crippen LogP contribution in [-0.2, 0) is 27.3 Å². The number of aliphatic hydroxyl groups is 3. The first-order valence-electron chi connectivity index (χ1n) is 14.9. The van der Waals surface area contributed by atoms with Gasteiger partial charge in [-0.25, -0.2) is 4.79 Å². The highest BCUT2D eigenvalue weighted by Gasteiger charge is 2.64. The molecule has 14 nitrogen and oxygen atoms in total. The largest absolute Gasteiger partial charge is 0.508 e. The molecule has 1 fully saturated rings. The van der Waals surface area contributed by atoms with E-state index in [4.69, 9.17) is 5.73 Å². The molecule has 0 bridgehead atoms. The molecule has 248 valence electrons. The Labute approximate surface area is 270 Å². The van der Waals surface area contributed by atoms with Crippen LogP contribution in [0.25, 0.3) is 5.76 Å². The summed E-state index contributed by atoms with van der Waals surface area (Å²) in [4.78, 5) is 67.0. The molecule has 4 atom stereocenters. The van der Waals surface area contributed by atoms with Gasteiger partial charge in [-0.1, -0.05) is 0 Å². The predicted octanol–water partition coefficient (Wildman–Crippen LogP) is 1.55. The number of carbonyl (C=O) groups excluding carboxylic acids is 5. The summed E-state index contributed by atoms with van der Waals surface area (Å²) in [6, 6.07) is 6.13. The van der Waals surface area contributed by atoms with E-state index in [2.05, 4.69) is 10.6 Å². The maximum atomic E-state index is 14.1. The molecule has 0 radical (unpaired) electrons. The molecule has 14 heteroatoms. The molecule has 0 spiro atoms. The van der Waals surface area contributed by atoms with Crippen molar-refractivity contribution in [3.05, 3.63) is 69.5 Å². The average molecular weight is 648 g/mol. The second-order valence-corrected chi connectivity index (χ2v) is 12.6. The molecule has 2 aromatic rings. The summed E-state index contributed by atoms with van der Waals surface area (Å²) in [5, 5.41) is 51.2. The number of urea groups is 1. The van der Waals surface area contributed by atoms with Crippen molar-refractivity contribution < 1.29 is 44.4 Å². The van der Waals surface area contributed by atoms with Gasteiger partial charge in [-0.3, -0.25) is 24.1 Å². The number of phenolic OH excluding ortho intramolecular Hbond substituents is 1. The van der Waals surface area contributed by atoms with Crippen LogP contribution in [0.4, 0.5) is 16.2 Å². The number of aromatic hydroxyl groups is 1. The first-order chi connectivity index (χ1) is 22.0. The lowest BCUT2D eigenvalue weighted by molar-refractivity contribution is -0.153. The van der Waals surface area contributed by atoms with Crippen LogP contribution in [0.5, 0.6) is 5.75 Å². The summed E-state index contributed by atoms with van der Waals surface area (Å²) in [5.74, 6) is -7.47. The van der Waals surface area contributed by atoms with E-state index in [0.29, 0.717) is 22.5 Å². The number of amides is 3. The van der Waals surface area contributed by atoms with Crippen LogP contribution in [0.15, 0.2) is 47.2 Å². The van der Waals surface area contributed by atoms with Crippen molar-refractivity contribution in [2.24, 2.45) is 17.6 Å². The summed E-state index contributed by atoms with van der Waals surface area (Å²) in [6.45, 7) is 1.24. The fourth-order valence-electron chi connectivity index (χ4n) is 7.02. The highest BCUT2D eigenvalue weighted by molar-refractivity contribution is 6.24. The van der Waals surface area contributed by atoms with Crippen LogP contribution in [0.3, 0.4) is 0 Å². The third-order valence-electron chi connectivity index (χ3n) is 9.25. The van der Waals surface area contributed by atoms with Crippen LogP contribution in [0.1, 0.15) is 40.4 Å². The molecule has 0 aliphatic heterocycles. The lowest BCUT2D eigenvalue weighted by atomic mass is 9.57. The van der Waals surface area contributed by atoms with Gasteiger partial charge in [-0.15, -0.1) is 0 Å². The molecule has 2 aromatic carbocycles. The van der Waals surface area contributed by atoms with E-state index in [1.807, 2.05) is 0 Å². The van der Waals surface area contributed by atoms with Crippen molar-refractivity contribution in [3.8, 4) is 5.75 Å². The minimum atomic E-state index is -2.75. The van der Waals surface area contributed by atoms with Gasteiger partial charge in [0.1, 0.15) is 22.8 Å². The number of likely N-dealkylation sites (N-methyl/N-ethyl adjacent to an activating group) is 1. The zero-order valence-electron chi connectivity index (χ0n) is 26.5. The lowest BCUT2D eigenvalue weighted by Crippen LogP contribution is -2.65. The maximum absolute atomic E-state index is 14.1. The van der Waals surface area contributed by atoms with Crippen LogP contribution in [0, 0.1) is 11.8 Å². The summed E-state index contributed by atoms with van der Waals surface area (Å²) in [6.07, 6.45) is 0.0936. The van der Waals surface area contributed by atoms with Crippen molar-refractivity contribution in [2.75, 3.05) is 38.4 Å². The number of anilines is 2. The number of ketones is 3.